The van der Waals surface area contributed by atoms with Gasteiger partial charge in [-0.15, -0.1) is 0 Å². The molecule has 1 aliphatic heterocycles. The fraction of sp³-hybridized carbons (Fsp3) is 0.636. The molecule has 1 aliphatic carbocycles. The average molecular weight is 221 g/mol. The molecule has 2 N–H and O–H groups in total. The van der Waals surface area contributed by atoms with Gasteiger partial charge in [0.25, 0.3) is 0 Å². The molecule has 0 spiro atoms. The predicted octanol–water partition coefficient (Wildman–Crippen LogP) is 2.05. The summed E-state index contributed by atoms with van der Waals surface area (Å²) in [6, 6.07) is 0. The molecule has 0 radical (unpaired) electrons. The van der Waals surface area contributed by atoms with Crippen molar-refractivity contribution in [2.45, 2.75) is 38.1 Å². The fourth-order valence-electron chi connectivity index (χ4n) is 2.26. The first-order chi connectivity index (χ1) is 7.34. The highest BCUT2D eigenvalue weighted by Crippen LogP contribution is 2.34. The van der Waals surface area contributed by atoms with Crippen molar-refractivity contribution >= 4 is 12.2 Å². The van der Waals surface area contributed by atoms with Crippen LogP contribution in [0.3, 0.4) is 0 Å². The van der Waals surface area contributed by atoms with Gasteiger partial charge in [-0.3, -0.25) is 0 Å². The van der Waals surface area contributed by atoms with Crippen LogP contribution in [0.5, 0.6) is 0 Å². The first kappa shape index (κ1) is 9.48. The van der Waals surface area contributed by atoms with Gasteiger partial charge in [0.15, 0.2) is 0 Å². The van der Waals surface area contributed by atoms with E-state index < -0.39 is 0 Å². The summed E-state index contributed by atoms with van der Waals surface area (Å²) in [6.07, 6.45) is 4.94. The maximum Gasteiger partial charge on any atom is 0.134 e. The second-order valence-electron chi connectivity index (χ2n) is 4.44. The molecule has 1 saturated carbocycles. The molecule has 2 heterocycles. The minimum absolute atomic E-state index is 0.645. The Kier molecular flexibility index (Phi) is 2.33. The Balaban J connectivity index is 2.04. The number of nitrogens with one attached hydrogen (secondary N) is 2. The van der Waals surface area contributed by atoms with Gasteiger partial charge in [0.2, 0.25) is 0 Å². The second-order valence-corrected chi connectivity index (χ2v) is 4.83. The van der Waals surface area contributed by atoms with Gasteiger partial charge in [0.05, 0.1) is 0 Å². The average Bonchev–Trinajstić information content (AvgIpc) is 2.15. The fourth-order valence-corrected chi connectivity index (χ4v) is 2.56. The van der Waals surface area contributed by atoms with Crippen LogP contribution in [0, 0.1) is 4.64 Å². The lowest BCUT2D eigenvalue weighted by atomic mass is 9.84. The SMILES string of the molecule is S=c1nc(C2CCC2)[nH]c2c1CNCC2. The third kappa shape index (κ3) is 1.62. The highest BCUT2D eigenvalue weighted by Gasteiger charge is 2.23. The van der Waals surface area contributed by atoms with Crippen LogP contribution in [0.25, 0.3) is 0 Å². The lowest BCUT2D eigenvalue weighted by molar-refractivity contribution is 0.398. The first-order valence-corrected chi connectivity index (χ1v) is 6.08. The molecular formula is C11H15N3S. The van der Waals surface area contributed by atoms with Crippen LogP contribution in [-0.2, 0) is 13.0 Å². The van der Waals surface area contributed by atoms with Gasteiger partial charge in [-0.25, -0.2) is 4.98 Å². The Morgan fingerprint density at radius 3 is 2.93 bits per heavy atom. The lowest BCUT2D eigenvalue weighted by Crippen LogP contribution is -2.26. The van der Waals surface area contributed by atoms with E-state index in [-0.39, 0.29) is 0 Å². The van der Waals surface area contributed by atoms with E-state index in [4.69, 9.17) is 12.2 Å². The van der Waals surface area contributed by atoms with E-state index in [0.717, 1.165) is 30.0 Å². The van der Waals surface area contributed by atoms with Gasteiger partial charge in [0, 0.05) is 36.7 Å². The third-order valence-electron chi connectivity index (χ3n) is 3.47. The van der Waals surface area contributed by atoms with Crippen molar-refractivity contribution in [3.8, 4) is 0 Å². The summed E-state index contributed by atoms with van der Waals surface area (Å²) < 4.78 is 0.804. The van der Waals surface area contributed by atoms with Crippen molar-refractivity contribution in [3.05, 3.63) is 21.7 Å². The van der Waals surface area contributed by atoms with Crippen molar-refractivity contribution in [2.24, 2.45) is 0 Å². The molecule has 3 nitrogen and oxygen atoms in total. The zero-order valence-electron chi connectivity index (χ0n) is 8.68. The van der Waals surface area contributed by atoms with Gasteiger partial charge >= 0.3 is 0 Å². The van der Waals surface area contributed by atoms with E-state index in [1.165, 1.54) is 30.5 Å². The number of aromatic amines is 1. The molecule has 3 rings (SSSR count). The number of nitrogens with zero attached hydrogens (tertiary/aromatic N) is 1. The molecule has 0 atom stereocenters. The summed E-state index contributed by atoms with van der Waals surface area (Å²) in [5, 5.41) is 3.33. The van der Waals surface area contributed by atoms with Crippen LogP contribution in [0.4, 0.5) is 0 Å². The van der Waals surface area contributed by atoms with Crippen LogP contribution >= 0.6 is 12.2 Å². The van der Waals surface area contributed by atoms with Crippen LogP contribution < -0.4 is 5.32 Å². The molecule has 15 heavy (non-hydrogen) atoms. The van der Waals surface area contributed by atoms with Gasteiger partial charge < -0.3 is 10.3 Å². The highest BCUT2D eigenvalue weighted by atomic mass is 32.1. The Morgan fingerprint density at radius 1 is 1.33 bits per heavy atom. The standard InChI is InChI=1S/C11H15N3S/c15-11-8-6-12-5-4-9(8)13-10(14-11)7-2-1-3-7/h7,12H,1-6H2,(H,13,14,15). The number of H-pyrrole nitrogens is 1. The van der Waals surface area contributed by atoms with Crippen LogP contribution in [0.2, 0.25) is 0 Å². The van der Waals surface area contributed by atoms with E-state index in [2.05, 4.69) is 15.3 Å². The van der Waals surface area contributed by atoms with Crippen LogP contribution in [0.1, 0.15) is 42.3 Å². The predicted molar refractivity (Wildman–Crippen MR) is 61.4 cm³/mol. The molecule has 4 heteroatoms. The van der Waals surface area contributed by atoms with E-state index in [1.54, 1.807) is 0 Å². The molecule has 0 bridgehead atoms. The lowest BCUT2D eigenvalue weighted by Gasteiger charge is -2.26. The van der Waals surface area contributed by atoms with E-state index >= 15 is 0 Å². The summed E-state index contributed by atoms with van der Waals surface area (Å²) in [5.41, 5.74) is 2.52. The third-order valence-corrected chi connectivity index (χ3v) is 3.81. The summed E-state index contributed by atoms with van der Waals surface area (Å²) in [4.78, 5) is 8.02. The zero-order valence-corrected chi connectivity index (χ0v) is 9.49. The van der Waals surface area contributed by atoms with Crippen LogP contribution in [0.15, 0.2) is 0 Å². The van der Waals surface area contributed by atoms with Crippen molar-refractivity contribution in [1.29, 1.82) is 0 Å². The number of rotatable bonds is 1. The Bertz CT molecular complexity index is 434. The molecule has 0 unspecified atom stereocenters. The monoisotopic (exact) mass is 221 g/mol. The zero-order chi connectivity index (χ0) is 10.3. The van der Waals surface area contributed by atoms with Crippen LogP contribution in [-0.4, -0.2) is 16.5 Å². The summed E-state index contributed by atoms with van der Waals surface area (Å²) >= 11 is 5.35. The molecule has 1 aromatic heterocycles. The van der Waals surface area contributed by atoms with Gasteiger partial charge in [-0.2, -0.15) is 0 Å². The molecule has 0 saturated heterocycles. The molecular weight excluding hydrogens is 206 g/mol. The van der Waals surface area contributed by atoms with Crippen molar-refractivity contribution in [2.75, 3.05) is 6.54 Å². The molecule has 1 fully saturated rings. The quantitative estimate of drug-likeness (QED) is 0.713. The summed E-state index contributed by atoms with van der Waals surface area (Å²) in [5.74, 6) is 1.78. The van der Waals surface area contributed by atoms with Gasteiger partial charge in [-0.05, 0) is 12.8 Å². The Labute approximate surface area is 94.3 Å². The minimum Gasteiger partial charge on any atom is -0.347 e. The minimum atomic E-state index is 0.645. The van der Waals surface area contributed by atoms with Crippen molar-refractivity contribution in [3.63, 3.8) is 0 Å². The molecule has 80 valence electrons. The summed E-state index contributed by atoms with van der Waals surface area (Å²) in [7, 11) is 0. The summed E-state index contributed by atoms with van der Waals surface area (Å²) in [6.45, 7) is 1.93. The largest absolute Gasteiger partial charge is 0.347 e. The van der Waals surface area contributed by atoms with Crippen molar-refractivity contribution in [1.82, 2.24) is 15.3 Å². The van der Waals surface area contributed by atoms with E-state index in [1.807, 2.05) is 0 Å². The second kappa shape index (κ2) is 3.68. The normalized spacial score (nSPS) is 20.8. The Morgan fingerprint density at radius 2 is 2.20 bits per heavy atom. The molecule has 0 amide bonds. The molecule has 1 aromatic rings. The number of fused-ring (bicyclic) bond motifs is 1. The Hall–Kier alpha value is -0.740. The van der Waals surface area contributed by atoms with Gasteiger partial charge in [0.1, 0.15) is 10.5 Å². The maximum absolute atomic E-state index is 5.35. The molecule has 2 aliphatic rings. The maximum atomic E-state index is 5.35. The molecule has 0 aromatic carbocycles. The number of hydrogen-bond donors (Lipinski definition) is 2. The first-order valence-electron chi connectivity index (χ1n) is 5.67. The number of aromatic nitrogens is 2. The number of hydrogen-bond acceptors (Lipinski definition) is 3. The van der Waals surface area contributed by atoms with Crippen molar-refractivity contribution < 1.29 is 0 Å². The highest BCUT2D eigenvalue weighted by molar-refractivity contribution is 7.71. The van der Waals surface area contributed by atoms with E-state index in [9.17, 15) is 0 Å². The smallest absolute Gasteiger partial charge is 0.134 e. The van der Waals surface area contributed by atoms with Gasteiger partial charge in [-0.1, -0.05) is 18.6 Å². The topological polar surface area (TPSA) is 40.7 Å². The van der Waals surface area contributed by atoms with E-state index in [0.29, 0.717) is 5.92 Å².